The summed E-state index contributed by atoms with van der Waals surface area (Å²) in [7, 11) is 4.46. The van der Waals surface area contributed by atoms with E-state index < -0.39 is 24.5 Å². The van der Waals surface area contributed by atoms with Crippen molar-refractivity contribution < 1.29 is 33.3 Å². The zero-order valence-corrected chi connectivity index (χ0v) is 18.6. The smallest absolute Gasteiger partial charge is 0.331 e. The van der Waals surface area contributed by atoms with Gasteiger partial charge in [0.15, 0.2) is 18.1 Å². The SMILES string of the molecule is COc1cc(OC)c(OC)cc1/C=C/C(=O)OCC(=O)NC(=O)Nc1ccc(C)c(C)c1. The standard InChI is InChI=1S/C23H26N2O7/c1-14-6-8-17(10-15(14)2)24-23(28)25-21(26)13-32-22(27)9-7-16-11-19(30-4)20(31-5)12-18(16)29-3/h6-12H,13H2,1-5H3,(H2,24,25,26,28)/b9-7+. The van der Waals surface area contributed by atoms with Crippen LogP contribution in [0.2, 0.25) is 0 Å². The van der Waals surface area contributed by atoms with Gasteiger partial charge in [-0.15, -0.1) is 0 Å². The summed E-state index contributed by atoms with van der Waals surface area (Å²) in [5.74, 6) is -0.161. The van der Waals surface area contributed by atoms with Gasteiger partial charge in [0.1, 0.15) is 5.75 Å². The molecule has 0 spiro atoms. The van der Waals surface area contributed by atoms with Crippen molar-refractivity contribution in [3.05, 3.63) is 53.1 Å². The predicted molar refractivity (Wildman–Crippen MR) is 119 cm³/mol. The van der Waals surface area contributed by atoms with E-state index in [0.29, 0.717) is 28.5 Å². The fourth-order valence-corrected chi connectivity index (χ4v) is 2.67. The van der Waals surface area contributed by atoms with Crippen molar-refractivity contribution in [2.75, 3.05) is 33.3 Å². The summed E-state index contributed by atoms with van der Waals surface area (Å²) in [6.07, 6.45) is 2.58. The van der Waals surface area contributed by atoms with Crippen LogP contribution in [0.15, 0.2) is 36.4 Å². The van der Waals surface area contributed by atoms with E-state index >= 15 is 0 Å². The summed E-state index contributed by atoms with van der Waals surface area (Å²) in [5, 5.41) is 4.64. The predicted octanol–water partition coefficient (Wildman–Crippen LogP) is 3.23. The highest BCUT2D eigenvalue weighted by molar-refractivity contribution is 6.02. The molecular weight excluding hydrogens is 416 g/mol. The molecule has 0 atom stereocenters. The van der Waals surface area contributed by atoms with Crippen LogP contribution >= 0.6 is 0 Å². The van der Waals surface area contributed by atoms with E-state index in [4.69, 9.17) is 18.9 Å². The number of urea groups is 1. The van der Waals surface area contributed by atoms with Gasteiger partial charge >= 0.3 is 12.0 Å². The van der Waals surface area contributed by atoms with E-state index in [1.54, 1.807) is 24.3 Å². The van der Waals surface area contributed by atoms with Gasteiger partial charge in [0.05, 0.1) is 21.3 Å². The van der Waals surface area contributed by atoms with Crippen LogP contribution in [0.1, 0.15) is 16.7 Å². The molecule has 0 radical (unpaired) electrons. The molecule has 2 N–H and O–H groups in total. The number of carbonyl (C=O) groups excluding carboxylic acids is 3. The van der Waals surface area contributed by atoms with Crippen molar-refractivity contribution in [1.29, 1.82) is 0 Å². The molecule has 9 nitrogen and oxygen atoms in total. The second-order valence-corrected chi connectivity index (χ2v) is 6.69. The first-order valence-corrected chi connectivity index (χ1v) is 9.60. The van der Waals surface area contributed by atoms with Gasteiger partial charge in [-0.3, -0.25) is 10.1 Å². The second kappa shape index (κ2) is 11.4. The molecule has 0 unspecified atom stereocenters. The van der Waals surface area contributed by atoms with Gasteiger partial charge in [-0.25, -0.2) is 9.59 Å². The minimum atomic E-state index is -0.772. The van der Waals surface area contributed by atoms with Crippen LogP contribution in [-0.2, 0) is 14.3 Å². The zero-order valence-electron chi connectivity index (χ0n) is 18.6. The number of hydrogen-bond donors (Lipinski definition) is 2. The van der Waals surface area contributed by atoms with Gasteiger partial charge in [-0.1, -0.05) is 6.07 Å². The molecule has 0 aromatic heterocycles. The van der Waals surface area contributed by atoms with E-state index in [1.807, 2.05) is 19.9 Å². The van der Waals surface area contributed by atoms with E-state index in [2.05, 4.69) is 10.6 Å². The number of ether oxygens (including phenoxy) is 4. The average molecular weight is 442 g/mol. The normalized spacial score (nSPS) is 10.4. The van der Waals surface area contributed by atoms with E-state index in [0.717, 1.165) is 17.2 Å². The fraction of sp³-hybridized carbons (Fsp3) is 0.261. The van der Waals surface area contributed by atoms with E-state index in [9.17, 15) is 14.4 Å². The molecular formula is C23H26N2O7. The average Bonchev–Trinajstić information content (AvgIpc) is 2.77. The van der Waals surface area contributed by atoms with E-state index in [-0.39, 0.29) is 0 Å². The Labute approximate surface area is 186 Å². The molecule has 32 heavy (non-hydrogen) atoms. The maximum atomic E-state index is 12.0. The number of imide groups is 1. The third-order valence-corrected chi connectivity index (χ3v) is 4.50. The number of carbonyl (C=O) groups is 3. The summed E-state index contributed by atoms with van der Waals surface area (Å²) < 4.78 is 20.6. The minimum absolute atomic E-state index is 0.451. The zero-order chi connectivity index (χ0) is 23.7. The maximum Gasteiger partial charge on any atom is 0.331 e. The number of rotatable bonds is 8. The van der Waals surface area contributed by atoms with Crippen molar-refractivity contribution in [2.24, 2.45) is 0 Å². The van der Waals surface area contributed by atoms with Gasteiger partial charge in [0.25, 0.3) is 5.91 Å². The van der Waals surface area contributed by atoms with Crippen molar-refractivity contribution in [3.8, 4) is 17.2 Å². The highest BCUT2D eigenvalue weighted by atomic mass is 16.5. The number of amides is 3. The summed E-state index contributed by atoms with van der Waals surface area (Å²) >= 11 is 0. The number of aryl methyl sites for hydroxylation is 2. The van der Waals surface area contributed by atoms with Crippen molar-refractivity contribution in [1.82, 2.24) is 5.32 Å². The monoisotopic (exact) mass is 442 g/mol. The van der Waals surface area contributed by atoms with Crippen molar-refractivity contribution in [3.63, 3.8) is 0 Å². The molecule has 3 amide bonds. The molecule has 0 heterocycles. The van der Waals surface area contributed by atoms with Crippen LogP contribution < -0.4 is 24.8 Å². The minimum Gasteiger partial charge on any atom is -0.496 e. The number of methoxy groups -OCH3 is 3. The molecule has 0 aliphatic carbocycles. The quantitative estimate of drug-likeness (QED) is 0.477. The van der Waals surface area contributed by atoms with Crippen LogP contribution in [0.5, 0.6) is 17.2 Å². The Morgan fingerprint density at radius 3 is 2.16 bits per heavy atom. The molecule has 0 bridgehead atoms. The Morgan fingerprint density at radius 2 is 1.53 bits per heavy atom. The van der Waals surface area contributed by atoms with Crippen molar-refractivity contribution in [2.45, 2.75) is 13.8 Å². The molecule has 9 heteroatoms. The van der Waals surface area contributed by atoms with Gasteiger partial charge in [0, 0.05) is 23.4 Å². The lowest BCUT2D eigenvalue weighted by molar-refractivity contribution is -0.143. The highest BCUT2D eigenvalue weighted by Crippen LogP contribution is 2.35. The van der Waals surface area contributed by atoms with Gasteiger partial charge in [-0.05, 0) is 49.2 Å². The second-order valence-electron chi connectivity index (χ2n) is 6.69. The number of esters is 1. The number of benzene rings is 2. The number of anilines is 1. The molecule has 0 saturated heterocycles. The molecule has 0 saturated carbocycles. The summed E-state index contributed by atoms with van der Waals surface area (Å²) in [6.45, 7) is 3.24. The van der Waals surface area contributed by atoms with Gasteiger partial charge in [0.2, 0.25) is 0 Å². The fourth-order valence-electron chi connectivity index (χ4n) is 2.67. The van der Waals surface area contributed by atoms with Crippen LogP contribution in [0.4, 0.5) is 10.5 Å². The van der Waals surface area contributed by atoms with E-state index in [1.165, 1.54) is 27.4 Å². The first-order chi connectivity index (χ1) is 15.3. The molecule has 0 aliphatic heterocycles. The largest absolute Gasteiger partial charge is 0.496 e. The highest BCUT2D eigenvalue weighted by Gasteiger charge is 2.12. The van der Waals surface area contributed by atoms with Crippen LogP contribution in [0.3, 0.4) is 0 Å². The lowest BCUT2D eigenvalue weighted by Gasteiger charge is -2.12. The van der Waals surface area contributed by atoms with Crippen LogP contribution in [-0.4, -0.2) is 45.8 Å². The Balaban J connectivity index is 1.89. The molecule has 2 aromatic rings. The van der Waals surface area contributed by atoms with Gasteiger partial charge < -0.3 is 24.3 Å². The third kappa shape index (κ3) is 6.76. The Kier molecular flexibility index (Phi) is 8.64. The number of hydrogen-bond acceptors (Lipinski definition) is 7. The van der Waals surface area contributed by atoms with Gasteiger partial charge in [-0.2, -0.15) is 0 Å². The Morgan fingerprint density at radius 1 is 0.875 bits per heavy atom. The molecule has 0 fully saturated rings. The summed E-state index contributed by atoms with van der Waals surface area (Å²) in [5.41, 5.74) is 3.17. The van der Waals surface area contributed by atoms with Crippen molar-refractivity contribution >= 4 is 29.7 Å². The number of nitrogens with one attached hydrogen (secondary N) is 2. The summed E-state index contributed by atoms with van der Waals surface area (Å²) in [4.78, 5) is 35.8. The molecule has 0 aliphatic rings. The third-order valence-electron chi connectivity index (χ3n) is 4.50. The first-order valence-electron chi connectivity index (χ1n) is 9.60. The summed E-state index contributed by atoms with van der Waals surface area (Å²) in [6, 6.07) is 7.89. The molecule has 170 valence electrons. The topological polar surface area (TPSA) is 112 Å². The van der Waals surface area contributed by atoms with Crippen LogP contribution in [0.25, 0.3) is 6.08 Å². The molecule has 2 rings (SSSR count). The van der Waals surface area contributed by atoms with Crippen LogP contribution in [0, 0.1) is 13.8 Å². The Bertz CT molecular complexity index is 1030. The molecule has 2 aromatic carbocycles. The Hall–Kier alpha value is -4.01. The first kappa shape index (κ1) is 24.3. The lowest BCUT2D eigenvalue weighted by Crippen LogP contribution is -2.37. The maximum absolute atomic E-state index is 12.0. The lowest BCUT2D eigenvalue weighted by atomic mass is 10.1.